The summed E-state index contributed by atoms with van der Waals surface area (Å²) >= 11 is 0. The third-order valence-corrected chi connectivity index (χ3v) is 6.83. The van der Waals surface area contributed by atoms with Crippen LogP contribution in [0.5, 0.6) is 5.75 Å². The summed E-state index contributed by atoms with van der Waals surface area (Å²) in [5.74, 6) is 1.39. The highest BCUT2D eigenvalue weighted by Crippen LogP contribution is 2.30. The fourth-order valence-electron chi connectivity index (χ4n) is 4.63. The normalized spacial score (nSPS) is 17.2. The minimum Gasteiger partial charge on any atom is -0.492 e. The lowest BCUT2D eigenvalue weighted by molar-refractivity contribution is 0.0540. The predicted molar refractivity (Wildman–Crippen MR) is 142 cm³/mol. The summed E-state index contributed by atoms with van der Waals surface area (Å²) in [6, 6.07) is 14.0. The molecule has 0 amide bonds. The number of carbonyl (C=O) groups excluding carboxylic acids is 2. The molecule has 0 bridgehead atoms. The van der Waals surface area contributed by atoms with Crippen LogP contribution < -0.4 is 10.1 Å². The Kier molecular flexibility index (Phi) is 7.15. The molecular weight excluding hydrogens is 466 g/mol. The quantitative estimate of drug-likeness (QED) is 0.413. The number of nitrogens with zero attached hydrogens (tertiary/aromatic N) is 2. The molecule has 2 aliphatic rings. The van der Waals surface area contributed by atoms with Gasteiger partial charge in [-0.05, 0) is 106 Å². The van der Waals surface area contributed by atoms with Gasteiger partial charge in [-0.25, -0.2) is 9.78 Å². The number of Topliss-reactive ketones (excluding diaryl/α,β-unsaturated/α-hetero) is 1. The number of nitrogens with one attached hydrogen (secondary N) is 1. The maximum atomic E-state index is 12.7. The highest BCUT2D eigenvalue weighted by atomic mass is 16.6. The zero-order chi connectivity index (χ0) is 26.0. The number of pyridine rings is 1. The van der Waals surface area contributed by atoms with Crippen molar-refractivity contribution in [3.05, 3.63) is 71.7 Å². The molecule has 1 N–H and O–H groups in total. The summed E-state index contributed by atoms with van der Waals surface area (Å²) in [4.78, 5) is 29.6. The number of benzene rings is 1. The van der Waals surface area contributed by atoms with Crippen molar-refractivity contribution in [2.75, 3.05) is 13.2 Å². The third kappa shape index (κ3) is 6.46. The van der Waals surface area contributed by atoms with Crippen LogP contribution in [0.25, 0.3) is 11.3 Å². The average Bonchev–Trinajstić information content (AvgIpc) is 3.57. The molecule has 3 aromatic rings. The second-order valence-electron chi connectivity index (χ2n) is 11.1. The van der Waals surface area contributed by atoms with E-state index in [0.717, 1.165) is 42.9 Å². The molecule has 7 nitrogen and oxygen atoms in total. The van der Waals surface area contributed by atoms with Crippen molar-refractivity contribution in [3.63, 3.8) is 0 Å². The van der Waals surface area contributed by atoms with E-state index in [4.69, 9.17) is 9.47 Å². The molecule has 1 atom stereocenters. The second-order valence-corrected chi connectivity index (χ2v) is 11.1. The zero-order valence-electron chi connectivity index (χ0n) is 21.8. The fraction of sp³-hybridized carbons (Fsp3) is 0.433. The van der Waals surface area contributed by atoms with Crippen LogP contribution in [0.4, 0.5) is 4.79 Å². The molecule has 0 radical (unpaired) electrons. The van der Waals surface area contributed by atoms with Crippen molar-refractivity contribution in [1.82, 2.24) is 14.9 Å². The lowest BCUT2D eigenvalue weighted by Gasteiger charge is -2.26. The Morgan fingerprint density at radius 3 is 2.65 bits per heavy atom. The second kappa shape index (κ2) is 10.5. The molecule has 2 aromatic heterocycles. The van der Waals surface area contributed by atoms with Crippen molar-refractivity contribution < 1.29 is 19.1 Å². The topological polar surface area (TPSA) is 82.5 Å². The first-order chi connectivity index (χ1) is 17.7. The van der Waals surface area contributed by atoms with Gasteiger partial charge in [-0.3, -0.25) is 9.36 Å². The molecule has 0 aliphatic heterocycles. The lowest BCUT2D eigenvalue weighted by atomic mass is 9.86. The number of fused-ring (bicyclic) bond motifs is 1. The molecular formula is C30H35N3O4. The number of aryl methyl sites for hydroxylation is 1. The van der Waals surface area contributed by atoms with Crippen LogP contribution in [0.15, 0.2) is 54.9 Å². The number of ether oxygens (including phenoxy) is 2. The molecule has 2 aliphatic carbocycles. The van der Waals surface area contributed by atoms with Gasteiger partial charge in [0.1, 0.15) is 17.0 Å². The average molecular weight is 502 g/mol. The SMILES string of the molecule is CC(C)(C)OC(=O)n1cccc1-c1ccc2c(c1)CC[C@H](NCC(=O)c1ccc(OCC3CC3)cn1)C2. The summed E-state index contributed by atoms with van der Waals surface area (Å²) in [5.41, 5.74) is 4.26. The molecule has 0 spiro atoms. The van der Waals surface area contributed by atoms with Crippen LogP contribution in [-0.2, 0) is 17.6 Å². The summed E-state index contributed by atoms with van der Waals surface area (Å²) in [6.07, 6.45) is 8.19. The van der Waals surface area contributed by atoms with E-state index >= 15 is 0 Å². The third-order valence-electron chi connectivity index (χ3n) is 6.83. The van der Waals surface area contributed by atoms with Gasteiger partial charge < -0.3 is 14.8 Å². The van der Waals surface area contributed by atoms with Crippen molar-refractivity contribution in [3.8, 4) is 17.0 Å². The van der Waals surface area contributed by atoms with E-state index in [1.54, 1.807) is 23.0 Å². The Hall–Kier alpha value is -3.45. The smallest absolute Gasteiger partial charge is 0.418 e. The van der Waals surface area contributed by atoms with E-state index in [2.05, 4.69) is 28.5 Å². The molecule has 0 unspecified atom stereocenters. The molecule has 7 heteroatoms. The molecule has 0 saturated heterocycles. The zero-order valence-corrected chi connectivity index (χ0v) is 21.8. The van der Waals surface area contributed by atoms with Crippen LogP contribution in [0.1, 0.15) is 61.6 Å². The lowest BCUT2D eigenvalue weighted by Crippen LogP contribution is -2.38. The molecule has 1 fully saturated rings. The van der Waals surface area contributed by atoms with Crippen molar-refractivity contribution in [2.45, 2.75) is 64.5 Å². The van der Waals surface area contributed by atoms with Crippen LogP contribution in [0.3, 0.4) is 0 Å². The number of aromatic nitrogens is 2. The molecule has 37 heavy (non-hydrogen) atoms. The molecule has 5 rings (SSSR count). The van der Waals surface area contributed by atoms with Gasteiger partial charge in [0.05, 0.1) is 25.0 Å². The highest BCUT2D eigenvalue weighted by Gasteiger charge is 2.24. The van der Waals surface area contributed by atoms with Gasteiger partial charge in [0.15, 0.2) is 5.78 Å². The van der Waals surface area contributed by atoms with Gasteiger partial charge in [-0.15, -0.1) is 0 Å². The number of hydrogen-bond acceptors (Lipinski definition) is 6. The first-order valence-electron chi connectivity index (χ1n) is 13.1. The fourth-order valence-corrected chi connectivity index (χ4v) is 4.63. The highest BCUT2D eigenvalue weighted by molar-refractivity contribution is 5.95. The number of hydrogen-bond donors (Lipinski definition) is 1. The van der Waals surface area contributed by atoms with E-state index in [1.807, 2.05) is 39.0 Å². The van der Waals surface area contributed by atoms with Crippen molar-refractivity contribution >= 4 is 11.9 Å². The van der Waals surface area contributed by atoms with E-state index in [-0.39, 0.29) is 24.5 Å². The molecule has 1 saturated carbocycles. The van der Waals surface area contributed by atoms with Gasteiger partial charge in [0.2, 0.25) is 0 Å². The Bertz CT molecular complexity index is 1270. The maximum absolute atomic E-state index is 12.7. The van der Waals surface area contributed by atoms with E-state index in [1.165, 1.54) is 24.0 Å². The Labute approximate surface area is 218 Å². The van der Waals surface area contributed by atoms with Crippen LogP contribution in [0, 0.1) is 5.92 Å². The predicted octanol–water partition coefficient (Wildman–Crippen LogP) is 5.45. The van der Waals surface area contributed by atoms with Crippen molar-refractivity contribution in [2.24, 2.45) is 5.92 Å². The first-order valence-corrected chi connectivity index (χ1v) is 13.1. The summed E-state index contributed by atoms with van der Waals surface area (Å²) in [7, 11) is 0. The number of ketones is 1. The van der Waals surface area contributed by atoms with E-state index in [0.29, 0.717) is 11.6 Å². The Morgan fingerprint density at radius 2 is 1.92 bits per heavy atom. The Morgan fingerprint density at radius 1 is 1.08 bits per heavy atom. The van der Waals surface area contributed by atoms with E-state index in [9.17, 15) is 9.59 Å². The van der Waals surface area contributed by atoms with Crippen molar-refractivity contribution in [1.29, 1.82) is 0 Å². The Balaban J connectivity index is 1.17. The van der Waals surface area contributed by atoms with E-state index < -0.39 is 5.60 Å². The van der Waals surface area contributed by atoms with Gasteiger partial charge in [0, 0.05) is 12.2 Å². The summed E-state index contributed by atoms with van der Waals surface area (Å²) in [6.45, 7) is 6.59. The van der Waals surface area contributed by atoms with Gasteiger partial charge in [-0.1, -0.05) is 12.1 Å². The molecule has 2 heterocycles. The molecule has 194 valence electrons. The summed E-state index contributed by atoms with van der Waals surface area (Å²) in [5, 5.41) is 3.43. The van der Waals surface area contributed by atoms with Gasteiger partial charge in [-0.2, -0.15) is 0 Å². The minimum atomic E-state index is -0.554. The monoisotopic (exact) mass is 501 g/mol. The number of rotatable bonds is 8. The van der Waals surface area contributed by atoms with Gasteiger partial charge >= 0.3 is 6.09 Å². The number of carbonyl (C=O) groups is 2. The van der Waals surface area contributed by atoms with Crippen LogP contribution in [0.2, 0.25) is 0 Å². The standard InChI is InChI=1S/C30H35N3O4/c1-30(2,3)37-29(35)33-14-4-5-27(33)23-9-8-22-16-24(11-10-21(22)15-23)31-18-28(34)26-13-12-25(17-32-26)36-19-20-6-7-20/h4-5,8-9,12-15,17,20,24,31H,6-7,10-11,16,18-19H2,1-3H3/t24-/m0/s1. The van der Waals surface area contributed by atoms with Crippen LogP contribution >= 0.6 is 0 Å². The minimum absolute atomic E-state index is 0.0159. The largest absolute Gasteiger partial charge is 0.492 e. The summed E-state index contributed by atoms with van der Waals surface area (Å²) < 4.78 is 12.8. The maximum Gasteiger partial charge on any atom is 0.418 e. The first kappa shape index (κ1) is 25.2. The van der Waals surface area contributed by atoms with Gasteiger partial charge in [0.25, 0.3) is 0 Å². The molecule has 1 aromatic carbocycles. The van der Waals surface area contributed by atoms with Crippen LogP contribution in [-0.4, -0.2) is 46.2 Å².